The number of hydrogen-bond acceptors (Lipinski definition) is 3. The number of likely N-dealkylation sites (N-methyl/N-ethyl adjacent to an activating group) is 1. The van der Waals surface area contributed by atoms with Crippen molar-refractivity contribution in [2.24, 2.45) is 0 Å². The van der Waals surface area contributed by atoms with E-state index in [0.717, 1.165) is 30.8 Å². The summed E-state index contributed by atoms with van der Waals surface area (Å²) in [7, 11) is 0. The van der Waals surface area contributed by atoms with E-state index in [1.54, 1.807) is 17.0 Å². The highest BCUT2D eigenvalue weighted by Gasteiger charge is 2.26. The first-order chi connectivity index (χ1) is 9.52. The summed E-state index contributed by atoms with van der Waals surface area (Å²) in [5.41, 5.74) is 2.67. The number of aryl methyl sites for hydroxylation is 2. The van der Waals surface area contributed by atoms with Gasteiger partial charge in [-0.05, 0) is 37.6 Å². The van der Waals surface area contributed by atoms with E-state index in [4.69, 9.17) is 0 Å². The highest BCUT2D eigenvalue weighted by Crippen LogP contribution is 2.12. The van der Waals surface area contributed by atoms with E-state index in [-0.39, 0.29) is 5.91 Å². The average Bonchev–Trinajstić information content (AvgIpc) is 2.48. The quantitative estimate of drug-likeness (QED) is 0.621. The second-order valence-corrected chi connectivity index (χ2v) is 5.35. The summed E-state index contributed by atoms with van der Waals surface area (Å²) >= 11 is 0. The van der Waals surface area contributed by atoms with Crippen LogP contribution in [0.1, 0.15) is 28.4 Å². The zero-order valence-corrected chi connectivity index (χ0v) is 12.5. The van der Waals surface area contributed by atoms with Crippen LogP contribution in [0.3, 0.4) is 0 Å². The summed E-state index contributed by atoms with van der Waals surface area (Å²) in [5.74, 6) is -0.762. The van der Waals surface area contributed by atoms with Crippen LogP contribution in [0.25, 0.3) is 0 Å². The maximum Gasteiger partial charge on any atom is 0.295 e. The van der Waals surface area contributed by atoms with Crippen molar-refractivity contribution in [1.82, 2.24) is 9.80 Å². The Bertz CT molecular complexity index is 517. The average molecular weight is 274 g/mol. The zero-order valence-electron chi connectivity index (χ0n) is 12.5. The Morgan fingerprint density at radius 3 is 2.25 bits per heavy atom. The van der Waals surface area contributed by atoms with E-state index in [0.29, 0.717) is 18.7 Å². The third kappa shape index (κ3) is 3.07. The molecule has 0 unspecified atom stereocenters. The summed E-state index contributed by atoms with van der Waals surface area (Å²) in [4.78, 5) is 28.5. The maximum absolute atomic E-state index is 12.3. The summed E-state index contributed by atoms with van der Waals surface area (Å²) in [6.07, 6.45) is 0. The predicted molar refractivity (Wildman–Crippen MR) is 78.9 cm³/mol. The van der Waals surface area contributed by atoms with Crippen molar-refractivity contribution in [1.29, 1.82) is 0 Å². The molecule has 1 saturated heterocycles. The molecule has 1 aliphatic rings. The lowest BCUT2D eigenvalue weighted by atomic mass is 10.0. The predicted octanol–water partition coefficient (Wildman–Crippen LogP) is 1.65. The van der Waals surface area contributed by atoms with Gasteiger partial charge in [0.25, 0.3) is 5.91 Å². The fraction of sp³-hybridized carbons (Fsp3) is 0.500. The summed E-state index contributed by atoms with van der Waals surface area (Å²) < 4.78 is 0. The second-order valence-electron chi connectivity index (χ2n) is 5.35. The van der Waals surface area contributed by atoms with Gasteiger partial charge in [-0.15, -0.1) is 0 Å². The molecule has 2 rings (SSSR count). The van der Waals surface area contributed by atoms with Crippen molar-refractivity contribution in [3.8, 4) is 0 Å². The van der Waals surface area contributed by atoms with E-state index in [1.165, 1.54) is 0 Å². The summed E-state index contributed by atoms with van der Waals surface area (Å²) in [5, 5.41) is 0. The zero-order chi connectivity index (χ0) is 14.7. The van der Waals surface area contributed by atoms with E-state index < -0.39 is 5.78 Å². The van der Waals surface area contributed by atoms with Gasteiger partial charge in [0, 0.05) is 31.7 Å². The van der Waals surface area contributed by atoms with Crippen molar-refractivity contribution in [3.63, 3.8) is 0 Å². The van der Waals surface area contributed by atoms with Crippen molar-refractivity contribution in [2.75, 3.05) is 32.7 Å². The molecule has 0 bridgehead atoms. The van der Waals surface area contributed by atoms with Gasteiger partial charge in [0.05, 0.1) is 0 Å². The fourth-order valence-electron chi connectivity index (χ4n) is 2.42. The molecule has 4 nitrogen and oxygen atoms in total. The van der Waals surface area contributed by atoms with Crippen LogP contribution >= 0.6 is 0 Å². The Balaban J connectivity index is 2.05. The second kappa shape index (κ2) is 6.18. The number of nitrogens with zero attached hydrogens (tertiary/aromatic N) is 2. The monoisotopic (exact) mass is 274 g/mol. The Morgan fingerprint density at radius 1 is 1.05 bits per heavy atom. The van der Waals surface area contributed by atoms with Crippen LogP contribution in [0.15, 0.2) is 18.2 Å². The fourth-order valence-corrected chi connectivity index (χ4v) is 2.42. The topological polar surface area (TPSA) is 40.6 Å². The Hall–Kier alpha value is -1.68. The molecule has 108 valence electrons. The van der Waals surface area contributed by atoms with Gasteiger partial charge < -0.3 is 9.80 Å². The molecule has 0 spiro atoms. The molecular weight excluding hydrogens is 252 g/mol. The van der Waals surface area contributed by atoms with Crippen molar-refractivity contribution >= 4 is 11.7 Å². The Labute approximate surface area is 120 Å². The minimum atomic E-state index is -0.391. The molecule has 4 heteroatoms. The van der Waals surface area contributed by atoms with Crippen LogP contribution < -0.4 is 0 Å². The molecule has 0 aromatic heterocycles. The number of Topliss-reactive ketones (excluding diaryl/α,β-unsaturated/α-hetero) is 1. The van der Waals surface area contributed by atoms with Gasteiger partial charge in [-0.3, -0.25) is 9.59 Å². The molecule has 1 fully saturated rings. The molecule has 20 heavy (non-hydrogen) atoms. The first-order valence-electron chi connectivity index (χ1n) is 7.16. The van der Waals surface area contributed by atoms with Gasteiger partial charge in [-0.25, -0.2) is 0 Å². The SMILES string of the molecule is CCN1CCN(C(=O)C(=O)c2ccc(C)c(C)c2)CC1. The van der Waals surface area contributed by atoms with Gasteiger partial charge in [0.1, 0.15) is 0 Å². The number of rotatable bonds is 3. The van der Waals surface area contributed by atoms with Gasteiger partial charge in [-0.1, -0.05) is 19.1 Å². The van der Waals surface area contributed by atoms with Crippen LogP contribution in [0, 0.1) is 13.8 Å². The molecular formula is C16H22N2O2. The summed E-state index contributed by atoms with van der Waals surface area (Å²) in [6.45, 7) is 10.0. The van der Waals surface area contributed by atoms with Gasteiger partial charge in [0.15, 0.2) is 0 Å². The van der Waals surface area contributed by atoms with E-state index in [1.807, 2.05) is 19.9 Å². The van der Waals surface area contributed by atoms with Crippen molar-refractivity contribution < 1.29 is 9.59 Å². The third-order valence-corrected chi connectivity index (χ3v) is 4.07. The van der Waals surface area contributed by atoms with E-state index in [9.17, 15) is 9.59 Å². The van der Waals surface area contributed by atoms with E-state index in [2.05, 4.69) is 11.8 Å². The third-order valence-electron chi connectivity index (χ3n) is 4.07. The normalized spacial score (nSPS) is 16.2. The van der Waals surface area contributed by atoms with Crippen molar-refractivity contribution in [2.45, 2.75) is 20.8 Å². The lowest BCUT2D eigenvalue weighted by molar-refractivity contribution is -0.128. The number of carbonyl (C=O) groups excluding carboxylic acids is 2. The Kier molecular flexibility index (Phi) is 4.55. The van der Waals surface area contributed by atoms with Crippen LogP contribution in [0.2, 0.25) is 0 Å². The number of benzene rings is 1. The molecule has 1 aromatic carbocycles. The van der Waals surface area contributed by atoms with Crippen LogP contribution in [0.4, 0.5) is 0 Å². The standard InChI is InChI=1S/C16H22N2O2/c1-4-17-7-9-18(10-8-17)16(20)15(19)14-6-5-12(2)13(3)11-14/h5-6,11H,4,7-10H2,1-3H3. The largest absolute Gasteiger partial charge is 0.333 e. The minimum absolute atomic E-state index is 0.371. The number of carbonyl (C=O) groups is 2. The van der Waals surface area contributed by atoms with Crippen LogP contribution in [0.5, 0.6) is 0 Å². The van der Waals surface area contributed by atoms with Crippen molar-refractivity contribution in [3.05, 3.63) is 34.9 Å². The van der Waals surface area contributed by atoms with Crippen LogP contribution in [-0.2, 0) is 4.79 Å². The first kappa shape index (κ1) is 14.7. The molecule has 0 N–H and O–H groups in total. The maximum atomic E-state index is 12.3. The number of piperazine rings is 1. The molecule has 1 heterocycles. The van der Waals surface area contributed by atoms with Gasteiger partial charge in [0.2, 0.25) is 5.78 Å². The molecule has 0 radical (unpaired) electrons. The van der Waals surface area contributed by atoms with E-state index >= 15 is 0 Å². The van der Waals surface area contributed by atoms with Crippen LogP contribution in [-0.4, -0.2) is 54.2 Å². The smallest absolute Gasteiger partial charge is 0.295 e. The molecule has 1 amide bonds. The molecule has 0 saturated carbocycles. The molecule has 1 aliphatic heterocycles. The molecule has 1 aromatic rings. The summed E-state index contributed by atoms with van der Waals surface area (Å²) in [6, 6.07) is 5.44. The lowest BCUT2D eigenvalue weighted by Crippen LogP contribution is -2.50. The highest BCUT2D eigenvalue weighted by molar-refractivity contribution is 6.42. The van der Waals surface area contributed by atoms with Gasteiger partial charge in [-0.2, -0.15) is 0 Å². The number of ketones is 1. The molecule has 0 aliphatic carbocycles. The Morgan fingerprint density at radius 2 is 1.70 bits per heavy atom. The highest BCUT2D eigenvalue weighted by atomic mass is 16.2. The number of hydrogen-bond donors (Lipinski definition) is 0. The van der Waals surface area contributed by atoms with Gasteiger partial charge >= 0.3 is 0 Å². The minimum Gasteiger partial charge on any atom is -0.333 e. The first-order valence-corrected chi connectivity index (χ1v) is 7.16. The molecule has 0 atom stereocenters. The lowest BCUT2D eigenvalue weighted by Gasteiger charge is -2.33. The number of amides is 1.